The van der Waals surface area contributed by atoms with E-state index in [9.17, 15) is 4.79 Å². The second-order valence-corrected chi connectivity index (χ2v) is 4.21. The van der Waals surface area contributed by atoms with Gasteiger partial charge in [0.05, 0.1) is 0 Å². The van der Waals surface area contributed by atoms with Crippen LogP contribution < -0.4 is 11.1 Å². The highest BCUT2D eigenvalue weighted by atomic mass is 16.1. The molecule has 0 saturated carbocycles. The average molecular weight is 246 g/mol. The summed E-state index contributed by atoms with van der Waals surface area (Å²) in [4.78, 5) is 11.8. The van der Waals surface area contributed by atoms with Crippen molar-refractivity contribution in [3.8, 4) is 0 Å². The molecular weight excluding hydrogens is 224 g/mol. The summed E-state index contributed by atoms with van der Waals surface area (Å²) in [5.74, 6) is -0.00924. The Kier molecular flexibility index (Phi) is 7.57. The van der Waals surface area contributed by atoms with Crippen LogP contribution in [0.4, 0.5) is 0 Å². The minimum absolute atomic E-state index is 0.00924. The molecule has 1 amide bonds. The molecule has 0 atom stereocenters. The lowest BCUT2D eigenvalue weighted by Crippen LogP contribution is -2.25. The first kappa shape index (κ1) is 14.5. The van der Waals surface area contributed by atoms with E-state index in [0.717, 1.165) is 38.8 Å². The van der Waals surface area contributed by atoms with Crippen LogP contribution in [0, 0.1) is 0 Å². The minimum atomic E-state index is -0.00924. The molecule has 3 nitrogen and oxygen atoms in total. The molecule has 0 unspecified atom stereocenters. The Morgan fingerprint density at radius 3 is 2.56 bits per heavy atom. The van der Waals surface area contributed by atoms with Crippen molar-refractivity contribution in [2.24, 2.45) is 5.73 Å². The van der Waals surface area contributed by atoms with Crippen LogP contribution in [0.2, 0.25) is 0 Å². The van der Waals surface area contributed by atoms with Crippen LogP contribution in [0.3, 0.4) is 0 Å². The van der Waals surface area contributed by atoms with Gasteiger partial charge in [0, 0.05) is 12.1 Å². The number of hydrogen-bond acceptors (Lipinski definition) is 2. The van der Waals surface area contributed by atoms with Gasteiger partial charge < -0.3 is 11.1 Å². The predicted molar refractivity (Wildman–Crippen MR) is 76.0 cm³/mol. The van der Waals surface area contributed by atoms with Gasteiger partial charge in [0.25, 0.3) is 5.91 Å². The molecule has 0 aliphatic heterocycles. The number of carbonyl (C=O) groups excluding carboxylic acids is 1. The van der Waals surface area contributed by atoms with E-state index >= 15 is 0 Å². The molecule has 1 rings (SSSR count). The fraction of sp³-hybridized carbons (Fsp3) is 0.400. The summed E-state index contributed by atoms with van der Waals surface area (Å²) in [7, 11) is 0. The van der Waals surface area contributed by atoms with Crippen LogP contribution in [0.1, 0.15) is 25.7 Å². The topological polar surface area (TPSA) is 55.1 Å². The van der Waals surface area contributed by atoms with E-state index in [2.05, 4.69) is 5.32 Å². The summed E-state index contributed by atoms with van der Waals surface area (Å²) < 4.78 is 0. The predicted octanol–water partition coefficient (Wildman–Crippen LogP) is 2.23. The standard InChI is InChI=1S/C15H22N2O/c16-12-8-4-5-9-13-17-15(18)14-10-6-2-1-3-7-11-14/h1-3,6-7,10-11H,4-5,8-9,12-13,16H2,(H,17,18)/b2-1-,3-1?,6-2?,7-3-,10-6-,11-7?,14-10?,14-11+. The molecule has 18 heavy (non-hydrogen) atoms. The maximum Gasteiger partial charge on any atom is 0.251 e. The van der Waals surface area contributed by atoms with Gasteiger partial charge in [-0.25, -0.2) is 0 Å². The van der Waals surface area contributed by atoms with Gasteiger partial charge >= 0.3 is 0 Å². The first-order valence-electron chi connectivity index (χ1n) is 6.54. The van der Waals surface area contributed by atoms with E-state index in [4.69, 9.17) is 5.73 Å². The highest BCUT2D eigenvalue weighted by molar-refractivity contribution is 5.96. The number of nitrogens with two attached hydrogens (primary N) is 1. The van der Waals surface area contributed by atoms with E-state index in [1.807, 2.05) is 42.5 Å². The van der Waals surface area contributed by atoms with Crippen molar-refractivity contribution in [2.75, 3.05) is 13.1 Å². The lowest BCUT2D eigenvalue weighted by molar-refractivity contribution is -0.117. The summed E-state index contributed by atoms with van der Waals surface area (Å²) in [6, 6.07) is 0. The summed E-state index contributed by atoms with van der Waals surface area (Å²) in [5, 5.41) is 2.93. The third kappa shape index (κ3) is 6.21. The van der Waals surface area contributed by atoms with E-state index < -0.39 is 0 Å². The van der Waals surface area contributed by atoms with Gasteiger partial charge in [0.1, 0.15) is 0 Å². The molecule has 0 bridgehead atoms. The summed E-state index contributed by atoms with van der Waals surface area (Å²) in [5.41, 5.74) is 6.11. The number of unbranched alkanes of at least 4 members (excludes halogenated alkanes) is 3. The largest absolute Gasteiger partial charge is 0.352 e. The van der Waals surface area contributed by atoms with E-state index in [-0.39, 0.29) is 5.91 Å². The van der Waals surface area contributed by atoms with Crippen LogP contribution >= 0.6 is 0 Å². The molecule has 3 heteroatoms. The Labute approximate surface area is 109 Å². The maximum atomic E-state index is 11.8. The molecule has 98 valence electrons. The van der Waals surface area contributed by atoms with E-state index in [0.29, 0.717) is 5.57 Å². The van der Waals surface area contributed by atoms with Crippen LogP contribution in [0.25, 0.3) is 0 Å². The van der Waals surface area contributed by atoms with Crippen molar-refractivity contribution < 1.29 is 4.79 Å². The third-order valence-electron chi connectivity index (χ3n) is 2.67. The zero-order chi connectivity index (χ0) is 13.1. The molecule has 0 heterocycles. The lowest BCUT2D eigenvalue weighted by Gasteiger charge is -2.05. The Hall–Kier alpha value is -1.61. The normalized spacial score (nSPS) is 22.2. The number of hydrogen-bond donors (Lipinski definition) is 2. The van der Waals surface area contributed by atoms with Crippen LogP contribution in [0.5, 0.6) is 0 Å². The molecule has 0 aromatic rings. The van der Waals surface area contributed by atoms with Gasteiger partial charge in [-0.3, -0.25) is 4.79 Å². The molecule has 0 aromatic heterocycles. The minimum Gasteiger partial charge on any atom is -0.352 e. The maximum absolute atomic E-state index is 11.8. The molecule has 0 saturated heterocycles. The van der Waals surface area contributed by atoms with Crippen LogP contribution in [-0.2, 0) is 4.79 Å². The summed E-state index contributed by atoms with van der Waals surface area (Å²) in [6.45, 7) is 1.48. The Morgan fingerprint density at radius 2 is 1.72 bits per heavy atom. The van der Waals surface area contributed by atoms with E-state index in [1.165, 1.54) is 0 Å². The molecular formula is C15H22N2O. The number of nitrogens with one attached hydrogen (secondary N) is 1. The van der Waals surface area contributed by atoms with E-state index in [1.54, 1.807) is 0 Å². The SMILES string of the molecule is NCCCCCCNC(=O)C1=C/C=C\C=C/C=C\1. The van der Waals surface area contributed by atoms with Crippen molar-refractivity contribution in [2.45, 2.75) is 25.7 Å². The quantitative estimate of drug-likeness (QED) is 0.677. The highest BCUT2D eigenvalue weighted by Crippen LogP contribution is 2.02. The smallest absolute Gasteiger partial charge is 0.251 e. The second-order valence-electron chi connectivity index (χ2n) is 4.21. The van der Waals surface area contributed by atoms with Crippen molar-refractivity contribution in [3.05, 3.63) is 48.1 Å². The first-order chi connectivity index (χ1) is 8.84. The zero-order valence-corrected chi connectivity index (χ0v) is 10.8. The van der Waals surface area contributed by atoms with Gasteiger partial charge in [-0.2, -0.15) is 0 Å². The molecule has 3 N–H and O–H groups in total. The zero-order valence-electron chi connectivity index (χ0n) is 10.8. The number of rotatable bonds is 7. The Bertz CT molecular complexity index is 365. The fourth-order valence-electron chi connectivity index (χ4n) is 1.64. The van der Waals surface area contributed by atoms with Crippen LogP contribution in [0.15, 0.2) is 48.1 Å². The highest BCUT2D eigenvalue weighted by Gasteiger charge is 2.04. The number of allylic oxidation sites excluding steroid dienone is 6. The van der Waals surface area contributed by atoms with Gasteiger partial charge in [0.15, 0.2) is 0 Å². The van der Waals surface area contributed by atoms with Crippen molar-refractivity contribution >= 4 is 5.91 Å². The second kappa shape index (κ2) is 9.42. The van der Waals surface area contributed by atoms with Crippen molar-refractivity contribution in [1.29, 1.82) is 0 Å². The van der Waals surface area contributed by atoms with Gasteiger partial charge in [0.2, 0.25) is 0 Å². The molecule has 0 fully saturated rings. The Balaban J connectivity index is 2.24. The lowest BCUT2D eigenvalue weighted by atomic mass is 10.1. The van der Waals surface area contributed by atoms with Crippen molar-refractivity contribution in [1.82, 2.24) is 5.32 Å². The molecule has 0 spiro atoms. The summed E-state index contributed by atoms with van der Waals surface area (Å²) >= 11 is 0. The molecule has 0 aromatic carbocycles. The first-order valence-corrected chi connectivity index (χ1v) is 6.54. The molecule has 0 radical (unpaired) electrons. The van der Waals surface area contributed by atoms with Gasteiger partial charge in [-0.05, 0) is 31.5 Å². The Morgan fingerprint density at radius 1 is 1.00 bits per heavy atom. The monoisotopic (exact) mass is 246 g/mol. The van der Waals surface area contributed by atoms with Crippen molar-refractivity contribution in [3.63, 3.8) is 0 Å². The molecule has 1 aliphatic carbocycles. The van der Waals surface area contributed by atoms with Crippen LogP contribution in [-0.4, -0.2) is 19.0 Å². The third-order valence-corrected chi connectivity index (χ3v) is 2.67. The number of amides is 1. The molecule has 1 aliphatic rings. The average Bonchev–Trinajstić information content (AvgIpc) is 2.33. The van der Waals surface area contributed by atoms with Gasteiger partial charge in [-0.1, -0.05) is 43.2 Å². The summed E-state index contributed by atoms with van der Waals surface area (Å²) in [6.07, 6.45) is 17.5. The van der Waals surface area contributed by atoms with Gasteiger partial charge in [-0.15, -0.1) is 0 Å². The number of carbonyl (C=O) groups is 1. The fourth-order valence-corrected chi connectivity index (χ4v) is 1.64.